The van der Waals surface area contributed by atoms with Gasteiger partial charge in [0.25, 0.3) is 5.69 Å². The molecule has 5 N–H and O–H groups in total. The van der Waals surface area contributed by atoms with Crippen molar-refractivity contribution in [1.29, 1.82) is 0 Å². The quantitative estimate of drug-likeness (QED) is 0.326. The summed E-state index contributed by atoms with van der Waals surface area (Å²) in [4.78, 5) is 10.2. The van der Waals surface area contributed by atoms with Crippen molar-refractivity contribution in [3.05, 3.63) is 28.3 Å². The molecule has 0 saturated carbocycles. The van der Waals surface area contributed by atoms with Crippen molar-refractivity contribution in [1.82, 2.24) is 0 Å². The van der Waals surface area contributed by atoms with Gasteiger partial charge < -0.3 is 26.0 Å². The van der Waals surface area contributed by atoms with Gasteiger partial charge in [-0.05, 0) is 6.07 Å². The van der Waals surface area contributed by atoms with Crippen LogP contribution in [0.4, 0.5) is 17.1 Å². The molecule has 0 amide bonds. The Morgan fingerprint density at radius 1 is 1.26 bits per heavy atom. The minimum Gasteiger partial charge on any atom is -0.395 e. The molecule has 1 atom stereocenters. The molecule has 0 fully saturated rings. The fourth-order valence-electron chi connectivity index (χ4n) is 1.43. The van der Waals surface area contributed by atoms with Crippen LogP contribution in [0.1, 0.15) is 0 Å². The van der Waals surface area contributed by atoms with Crippen LogP contribution in [0, 0.1) is 10.1 Å². The predicted molar refractivity (Wildman–Crippen MR) is 70.3 cm³/mol. The van der Waals surface area contributed by atoms with Crippen LogP contribution in [0.15, 0.2) is 18.2 Å². The second kappa shape index (κ2) is 7.52. The van der Waals surface area contributed by atoms with E-state index >= 15 is 0 Å². The Morgan fingerprint density at radius 3 is 2.58 bits per heavy atom. The van der Waals surface area contributed by atoms with Crippen LogP contribution >= 0.6 is 0 Å². The second-order valence-corrected chi connectivity index (χ2v) is 3.85. The van der Waals surface area contributed by atoms with Crippen molar-refractivity contribution >= 4 is 17.1 Å². The SMILES string of the molecule is O=[N+]([O-])c1ccc(NCCO)c(NCC(O)CO)c1. The Labute approximate surface area is 109 Å². The molecule has 19 heavy (non-hydrogen) atoms. The lowest BCUT2D eigenvalue weighted by Crippen LogP contribution is -2.23. The Kier molecular flexibility index (Phi) is 6.00. The summed E-state index contributed by atoms with van der Waals surface area (Å²) in [6, 6.07) is 4.18. The Bertz CT molecular complexity index is 427. The number of non-ortho nitro benzene ring substituents is 1. The predicted octanol–water partition coefficient (Wildman–Crippen LogP) is -0.236. The normalized spacial score (nSPS) is 11.9. The zero-order chi connectivity index (χ0) is 14.3. The summed E-state index contributed by atoms with van der Waals surface area (Å²) in [6.45, 7) is -0.114. The standard InChI is InChI=1S/C11H17N3O5/c15-4-3-12-10-2-1-8(14(18)19)5-11(10)13-6-9(17)7-16/h1-2,5,9,12-13,15-17H,3-4,6-7H2. The summed E-state index contributed by atoms with van der Waals surface area (Å²) in [6.07, 6.45) is -0.954. The van der Waals surface area contributed by atoms with E-state index < -0.39 is 17.6 Å². The largest absolute Gasteiger partial charge is 0.395 e. The van der Waals surface area contributed by atoms with E-state index in [9.17, 15) is 15.2 Å². The third-order valence-corrected chi connectivity index (χ3v) is 2.38. The number of nitrogens with zero attached hydrogens (tertiary/aromatic N) is 1. The van der Waals surface area contributed by atoms with Crippen LogP contribution in [0.3, 0.4) is 0 Å². The maximum absolute atomic E-state index is 10.7. The second-order valence-electron chi connectivity index (χ2n) is 3.85. The van der Waals surface area contributed by atoms with E-state index in [2.05, 4.69) is 10.6 Å². The van der Waals surface area contributed by atoms with Crippen LogP contribution in [0.25, 0.3) is 0 Å². The maximum Gasteiger partial charge on any atom is 0.271 e. The van der Waals surface area contributed by atoms with Crippen molar-refractivity contribution < 1.29 is 20.2 Å². The van der Waals surface area contributed by atoms with Gasteiger partial charge in [0.15, 0.2) is 0 Å². The fourth-order valence-corrected chi connectivity index (χ4v) is 1.43. The van der Waals surface area contributed by atoms with Gasteiger partial charge in [0.1, 0.15) is 0 Å². The first-order chi connectivity index (χ1) is 9.08. The van der Waals surface area contributed by atoms with Crippen LogP contribution in [-0.4, -0.2) is 52.7 Å². The lowest BCUT2D eigenvalue weighted by molar-refractivity contribution is -0.384. The highest BCUT2D eigenvalue weighted by Gasteiger charge is 2.11. The molecule has 0 aliphatic carbocycles. The molecular weight excluding hydrogens is 254 g/mol. The number of hydrogen-bond acceptors (Lipinski definition) is 7. The lowest BCUT2D eigenvalue weighted by Gasteiger charge is -2.15. The molecule has 0 aromatic heterocycles. The molecule has 1 aromatic carbocycles. The maximum atomic E-state index is 10.7. The number of rotatable bonds is 8. The minimum atomic E-state index is -0.954. The Balaban J connectivity index is 2.86. The van der Waals surface area contributed by atoms with Gasteiger partial charge >= 0.3 is 0 Å². The number of nitrogens with one attached hydrogen (secondary N) is 2. The summed E-state index contributed by atoms with van der Waals surface area (Å²) >= 11 is 0. The highest BCUT2D eigenvalue weighted by molar-refractivity contribution is 5.72. The Hall–Kier alpha value is -1.90. The van der Waals surface area contributed by atoms with Gasteiger partial charge in [-0.2, -0.15) is 0 Å². The number of anilines is 2. The molecule has 0 heterocycles. The lowest BCUT2D eigenvalue weighted by atomic mass is 10.2. The van der Waals surface area contributed by atoms with Gasteiger partial charge in [-0.3, -0.25) is 10.1 Å². The first-order valence-corrected chi connectivity index (χ1v) is 5.74. The molecule has 0 radical (unpaired) electrons. The molecule has 106 valence electrons. The van der Waals surface area contributed by atoms with E-state index in [4.69, 9.17) is 10.2 Å². The fraction of sp³-hybridized carbons (Fsp3) is 0.455. The topological polar surface area (TPSA) is 128 Å². The van der Waals surface area contributed by atoms with Crippen LogP contribution < -0.4 is 10.6 Å². The molecule has 8 heteroatoms. The summed E-state index contributed by atoms with van der Waals surface area (Å²) in [5.41, 5.74) is 0.912. The highest BCUT2D eigenvalue weighted by atomic mass is 16.6. The average molecular weight is 271 g/mol. The van der Waals surface area contributed by atoms with E-state index in [-0.39, 0.29) is 18.8 Å². The zero-order valence-electron chi connectivity index (χ0n) is 10.2. The van der Waals surface area contributed by atoms with Crippen molar-refractivity contribution in [3.8, 4) is 0 Å². The first-order valence-electron chi connectivity index (χ1n) is 5.74. The van der Waals surface area contributed by atoms with Gasteiger partial charge in [-0.1, -0.05) is 0 Å². The van der Waals surface area contributed by atoms with Gasteiger partial charge in [-0.15, -0.1) is 0 Å². The molecule has 0 aliphatic heterocycles. The number of benzene rings is 1. The number of aliphatic hydroxyl groups is 3. The van der Waals surface area contributed by atoms with E-state index in [1.165, 1.54) is 18.2 Å². The van der Waals surface area contributed by atoms with Gasteiger partial charge in [-0.25, -0.2) is 0 Å². The summed E-state index contributed by atoms with van der Waals surface area (Å²) in [5, 5.41) is 43.1. The molecule has 0 aliphatic rings. The minimum absolute atomic E-state index is 0.0610. The van der Waals surface area contributed by atoms with Gasteiger partial charge in [0, 0.05) is 25.2 Å². The van der Waals surface area contributed by atoms with Crippen LogP contribution in [-0.2, 0) is 0 Å². The van der Waals surface area contributed by atoms with E-state index in [1.807, 2.05) is 0 Å². The number of aliphatic hydroxyl groups excluding tert-OH is 3. The highest BCUT2D eigenvalue weighted by Crippen LogP contribution is 2.26. The van der Waals surface area contributed by atoms with Crippen LogP contribution in [0.2, 0.25) is 0 Å². The molecule has 1 rings (SSSR count). The summed E-state index contributed by atoms with van der Waals surface area (Å²) in [5.74, 6) is 0. The van der Waals surface area contributed by atoms with E-state index in [0.29, 0.717) is 17.9 Å². The molecule has 0 bridgehead atoms. The zero-order valence-corrected chi connectivity index (χ0v) is 10.2. The molecule has 1 unspecified atom stereocenters. The molecular formula is C11H17N3O5. The third kappa shape index (κ3) is 4.70. The van der Waals surface area contributed by atoms with Crippen molar-refractivity contribution in [2.24, 2.45) is 0 Å². The van der Waals surface area contributed by atoms with Crippen molar-refractivity contribution in [2.75, 3.05) is 36.9 Å². The number of hydrogen-bond donors (Lipinski definition) is 5. The van der Waals surface area contributed by atoms with Crippen molar-refractivity contribution in [3.63, 3.8) is 0 Å². The molecule has 0 saturated heterocycles. The van der Waals surface area contributed by atoms with Gasteiger partial charge in [0.05, 0.1) is 35.6 Å². The summed E-state index contributed by atoms with van der Waals surface area (Å²) in [7, 11) is 0. The van der Waals surface area contributed by atoms with Gasteiger partial charge in [0.2, 0.25) is 0 Å². The van der Waals surface area contributed by atoms with Crippen molar-refractivity contribution in [2.45, 2.75) is 6.10 Å². The summed E-state index contributed by atoms with van der Waals surface area (Å²) < 4.78 is 0. The van der Waals surface area contributed by atoms with Crippen LogP contribution in [0.5, 0.6) is 0 Å². The van der Waals surface area contributed by atoms with E-state index in [1.54, 1.807) is 0 Å². The first kappa shape index (κ1) is 15.2. The Morgan fingerprint density at radius 2 is 2.00 bits per heavy atom. The molecule has 8 nitrogen and oxygen atoms in total. The molecule has 0 spiro atoms. The third-order valence-electron chi connectivity index (χ3n) is 2.38. The monoisotopic (exact) mass is 271 g/mol. The average Bonchev–Trinajstić information content (AvgIpc) is 2.42. The number of nitro benzene ring substituents is 1. The molecule has 1 aromatic rings. The smallest absolute Gasteiger partial charge is 0.271 e. The number of nitro groups is 1. The van der Waals surface area contributed by atoms with E-state index in [0.717, 1.165) is 0 Å².